The molecule has 1 aromatic heterocycles. The van der Waals surface area contributed by atoms with Crippen molar-refractivity contribution in [3.05, 3.63) is 24.0 Å². The Labute approximate surface area is 102 Å². The number of hydrogen-bond acceptors (Lipinski definition) is 5. The first-order chi connectivity index (χ1) is 8.30. The Hall–Kier alpha value is -2.09. The second kappa shape index (κ2) is 3.98. The smallest absolute Gasteiger partial charge is 0.184 e. The number of benzene rings is 1. The Morgan fingerprint density at radius 3 is 2.61 bits per heavy atom. The monoisotopic (exact) mass is 271 g/mol. The molecule has 0 radical (unpaired) electrons. The number of hydrogen-bond donors (Lipinski definition) is 3. The summed E-state index contributed by atoms with van der Waals surface area (Å²) < 4.78 is 36.3. The van der Waals surface area contributed by atoms with Gasteiger partial charge in [0, 0.05) is 17.9 Å². The van der Waals surface area contributed by atoms with Crippen molar-refractivity contribution in [3.63, 3.8) is 0 Å². The van der Waals surface area contributed by atoms with Gasteiger partial charge in [0.2, 0.25) is 0 Å². The number of phenolic OH excluding ortho intramolecular Hbond substituents is 1. The maximum Gasteiger partial charge on any atom is 0.184 e. The second-order valence-corrected chi connectivity index (χ2v) is 5.74. The second-order valence-electron chi connectivity index (χ2n) is 3.75. The SMILES string of the molecule is CS(=O)(=O)c1ccc(-c2cc(N)n[nH]2)c(O)c1F. The van der Waals surface area contributed by atoms with Gasteiger partial charge in [-0.1, -0.05) is 0 Å². The molecule has 2 rings (SSSR count). The molecule has 0 aliphatic rings. The topological polar surface area (TPSA) is 109 Å². The zero-order chi connectivity index (χ0) is 13.5. The molecule has 0 bridgehead atoms. The molecule has 6 nitrogen and oxygen atoms in total. The summed E-state index contributed by atoms with van der Waals surface area (Å²) in [5, 5.41) is 15.8. The first-order valence-corrected chi connectivity index (χ1v) is 6.72. The van der Waals surface area contributed by atoms with Crippen molar-refractivity contribution in [1.82, 2.24) is 10.2 Å². The molecule has 0 saturated heterocycles. The van der Waals surface area contributed by atoms with Crippen LogP contribution in [0.15, 0.2) is 23.1 Å². The van der Waals surface area contributed by atoms with E-state index in [2.05, 4.69) is 10.2 Å². The lowest BCUT2D eigenvalue weighted by Crippen LogP contribution is -2.01. The predicted octanol–water partition coefficient (Wildman–Crippen LogP) is 0.907. The number of halogens is 1. The zero-order valence-corrected chi connectivity index (χ0v) is 10.1. The summed E-state index contributed by atoms with van der Waals surface area (Å²) in [6.45, 7) is 0. The van der Waals surface area contributed by atoms with Gasteiger partial charge in [0.1, 0.15) is 10.7 Å². The summed E-state index contributed by atoms with van der Waals surface area (Å²) in [5.74, 6) is -1.78. The van der Waals surface area contributed by atoms with E-state index in [0.717, 1.165) is 12.3 Å². The third-order valence-electron chi connectivity index (χ3n) is 2.37. The maximum absolute atomic E-state index is 13.8. The Morgan fingerprint density at radius 1 is 1.44 bits per heavy atom. The number of rotatable bonds is 2. The van der Waals surface area contributed by atoms with E-state index in [-0.39, 0.29) is 11.4 Å². The van der Waals surface area contributed by atoms with Crippen molar-refractivity contribution < 1.29 is 17.9 Å². The van der Waals surface area contributed by atoms with E-state index in [1.807, 2.05) is 0 Å². The van der Waals surface area contributed by atoms with Crippen molar-refractivity contribution in [2.24, 2.45) is 0 Å². The third kappa shape index (κ3) is 2.02. The highest BCUT2D eigenvalue weighted by Gasteiger charge is 2.20. The molecular formula is C10H10FN3O3S. The molecule has 2 aromatic rings. The van der Waals surface area contributed by atoms with E-state index < -0.39 is 26.3 Å². The largest absolute Gasteiger partial charge is 0.504 e. The van der Waals surface area contributed by atoms with Gasteiger partial charge >= 0.3 is 0 Å². The minimum atomic E-state index is -3.74. The number of H-pyrrole nitrogens is 1. The number of nitrogen functional groups attached to an aromatic ring is 1. The number of nitrogens with zero attached hydrogens (tertiary/aromatic N) is 1. The number of nitrogens with one attached hydrogen (secondary N) is 1. The Kier molecular flexibility index (Phi) is 2.74. The van der Waals surface area contributed by atoms with Gasteiger partial charge in [-0.25, -0.2) is 12.8 Å². The number of aromatic amines is 1. The molecule has 0 fully saturated rings. The molecule has 18 heavy (non-hydrogen) atoms. The van der Waals surface area contributed by atoms with Gasteiger partial charge in [-0.05, 0) is 12.1 Å². The number of aromatic nitrogens is 2. The zero-order valence-electron chi connectivity index (χ0n) is 9.31. The molecule has 0 atom stereocenters. The van der Waals surface area contributed by atoms with E-state index in [1.54, 1.807) is 0 Å². The van der Waals surface area contributed by atoms with Gasteiger partial charge in [-0.15, -0.1) is 0 Å². The number of aromatic hydroxyl groups is 1. The summed E-state index contributed by atoms with van der Waals surface area (Å²) in [5.41, 5.74) is 5.77. The van der Waals surface area contributed by atoms with Crippen LogP contribution in [0.2, 0.25) is 0 Å². The van der Waals surface area contributed by atoms with Gasteiger partial charge < -0.3 is 10.8 Å². The number of sulfone groups is 1. The summed E-state index contributed by atoms with van der Waals surface area (Å²) in [4.78, 5) is -0.559. The fourth-order valence-corrected chi connectivity index (χ4v) is 2.26. The molecular weight excluding hydrogens is 261 g/mol. The molecule has 1 aromatic carbocycles. The first-order valence-electron chi connectivity index (χ1n) is 4.83. The summed E-state index contributed by atoms with van der Waals surface area (Å²) in [6, 6.07) is 3.76. The predicted molar refractivity (Wildman–Crippen MR) is 63.2 cm³/mol. The number of nitrogens with two attached hydrogens (primary N) is 1. The van der Waals surface area contributed by atoms with Crippen LogP contribution in [0.25, 0.3) is 11.3 Å². The molecule has 4 N–H and O–H groups in total. The number of phenols is 1. The van der Waals surface area contributed by atoms with Gasteiger partial charge in [0.05, 0.1) is 5.69 Å². The molecule has 8 heteroatoms. The van der Waals surface area contributed by atoms with Crippen LogP contribution in [0.4, 0.5) is 10.2 Å². The molecule has 96 valence electrons. The molecule has 0 saturated carbocycles. The van der Waals surface area contributed by atoms with E-state index in [9.17, 15) is 17.9 Å². The molecule has 1 heterocycles. The normalized spacial score (nSPS) is 11.7. The lowest BCUT2D eigenvalue weighted by Gasteiger charge is -2.06. The Morgan fingerprint density at radius 2 is 2.11 bits per heavy atom. The highest BCUT2D eigenvalue weighted by molar-refractivity contribution is 7.90. The van der Waals surface area contributed by atoms with Crippen LogP contribution in [0, 0.1) is 5.82 Å². The quantitative estimate of drug-likeness (QED) is 0.752. The van der Waals surface area contributed by atoms with Crippen molar-refractivity contribution >= 4 is 15.7 Å². The molecule has 0 spiro atoms. The van der Waals surface area contributed by atoms with Crippen LogP contribution >= 0.6 is 0 Å². The van der Waals surface area contributed by atoms with Gasteiger partial charge in [0.15, 0.2) is 21.4 Å². The lowest BCUT2D eigenvalue weighted by atomic mass is 10.1. The van der Waals surface area contributed by atoms with Crippen LogP contribution in [0.1, 0.15) is 0 Å². The summed E-state index contributed by atoms with van der Waals surface area (Å²) in [7, 11) is -3.74. The van der Waals surface area contributed by atoms with E-state index in [0.29, 0.717) is 5.69 Å². The highest BCUT2D eigenvalue weighted by Crippen LogP contribution is 2.34. The van der Waals surface area contributed by atoms with Crippen LogP contribution in [0.5, 0.6) is 5.75 Å². The third-order valence-corrected chi connectivity index (χ3v) is 3.48. The van der Waals surface area contributed by atoms with Gasteiger partial charge in [-0.3, -0.25) is 5.10 Å². The van der Waals surface area contributed by atoms with Crippen LogP contribution in [-0.2, 0) is 9.84 Å². The Balaban J connectivity index is 2.65. The average molecular weight is 271 g/mol. The van der Waals surface area contributed by atoms with Crippen molar-refractivity contribution in [1.29, 1.82) is 0 Å². The Bertz CT molecular complexity index is 709. The number of anilines is 1. The van der Waals surface area contributed by atoms with Crippen molar-refractivity contribution in [3.8, 4) is 17.0 Å². The standard InChI is InChI=1S/C10H10FN3O3S/c1-18(16,17)7-3-2-5(10(15)9(7)11)6-4-8(12)14-13-6/h2-4,15H,1H3,(H3,12,13,14). The lowest BCUT2D eigenvalue weighted by molar-refractivity contribution is 0.424. The fraction of sp³-hybridized carbons (Fsp3) is 0.100. The summed E-state index contributed by atoms with van der Waals surface area (Å²) in [6.07, 6.45) is 0.860. The van der Waals surface area contributed by atoms with E-state index in [1.165, 1.54) is 12.1 Å². The average Bonchev–Trinajstić information content (AvgIpc) is 2.67. The van der Waals surface area contributed by atoms with Crippen LogP contribution in [0.3, 0.4) is 0 Å². The van der Waals surface area contributed by atoms with Crippen molar-refractivity contribution in [2.75, 3.05) is 12.0 Å². The van der Waals surface area contributed by atoms with Crippen molar-refractivity contribution in [2.45, 2.75) is 4.90 Å². The minimum absolute atomic E-state index is 0.0871. The van der Waals surface area contributed by atoms with Gasteiger partial charge in [0.25, 0.3) is 0 Å². The van der Waals surface area contributed by atoms with Crippen LogP contribution in [-0.4, -0.2) is 30.0 Å². The first kappa shape index (κ1) is 12.4. The molecule has 0 aliphatic heterocycles. The van der Waals surface area contributed by atoms with Gasteiger partial charge in [-0.2, -0.15) is 5.10 Å². The molecule has 0 aliphatic carbocycles. The minimum Gasteiger partial charge on any atom is -0.504 e. The molecule has 0 amide bonds. The van der Waals surface area contributed by atoms with Crippen LogP contribution < -0.4 is 5.73 Å². The highest BCUT2D eigenvalue weighted by atomic mass is 32.2. The molecule has 0 unspecified atom stereocenters. The fourth-order valence-electron chi connectivity index (χ4n) is 1.52. The summed E-state index contributed by atoms with van der Waals surface area (Å²) >= 11 is 0. The maximum atomic E-state index is 13.8. The van der Waals surface area contributed by atoms with E-state index >= 15 is 0 Å². The van der Waals surface area contributed by atoms with E-state index in [4.69, 9.17) is 5.73 Å².